The zero-order valence-corrected chi connectivity index (χ0v) is 16.7. The monoisotopic (exact) mass is 420 g/mol. The van der Waals surface area contributed by atoms with Crippen LogP contribution in [-0.2, 0) is 4.79 Å². The van der Waals surface area contributed by atoms with Crippen LogP contribution in [0, 0.1) is 0 Å². The molecule has 150 valence electrons. The third-order valence-corrected chi connectivity index (χ3v) is 4.57. The normalized spacial score (nSPS) is 10.6. The molecule has 0 saturated carbocycles. The van der Waals surface area contributed by atoms with Crippen molar-refractivity contribution < 1.29 is 14.0 Å². The van der Waals surface area contributed by atoms with Crippen LogP contribution >= 0.6 is 11.6 Å². The molecule has 0 aliphatic rings. The molecule has 4 rings (SSSR count). The molecule has 0 bridgehead atoms. The number of carbonyl (C=O) groups is 2. The van der Waals surface area contributed by atoms with Gasteiger partial charge in [0.25, 0.3) is 5.91 Å². The SMILES string of the molecule is CC(=O)Nc1ccc(NC(=O)c2cc(-c3ccco3)nn2-c2ccccc2)cc1Cl. The lowest BCUT2D eigenvalue weighted by Crippen LogP contribution is -2.17. The van der Waals surface area contributed by atoms with Crippen molar-refractivity contribution in [2.75, 3.05) is 10.6 Å². The van der Waals surface area contributed by atoms with Gasteiger partial charge < -0.3 is 15.1 Å². The van der Waals surface area contributed by atoms with E-state index in [0.717, 1.165) is 5.69 Å². The van der Waals surface area contributed by atoms with E-state index in [0.29, 0.717) is 33.5 Å². The number of aromatic nitrogens is 2. The molecule has 0 saturated heterocycles. The number of hydrogen-bond donors (Lipinski definition) is 2. The van der Waals surface area contributed by atoms with Crippen molar-refractivity contribution in [2.24, 2.45) is 0 Å². The highest BCUT2D eigenvalue weighted by molar-refractivity contribution is 6.34. The Morgan fingerprint density at radius 2 is 1.80 bits per heavy atom. The summed E-state index contributed by atoms with van der Waals surface area (Å²) in [5, 5.41) is 10.3. The molecule has 0 atom stereocenters. The fourth-order valence-corrected chi connectivity index (χ4v) is 3.16. The number of halogens is 1. The quantitative estimate of drug-likeness (QED) is 0.475. The van der Waals surface area contributed by atoms with Crippen LogP contribution in [0.1, 0.15) is 17.4 Å². The molecular formula is C22H17ClN4O3. The Balaban J connectivity index is 1.66. The van der Waals surface area contributed by atoms with Gasteiger partial charge in [0.2, 0.25) is 5.91 Å². The number of para-hydroxylation sites is 1. The van der Waals surface area contributed by atoms with Crippen LogP contribution in [0.4, 0.5) is 11.4 Å². The van der Waals surface area contributed by atoms with E-state index < -0.39 is 0 Å². The number of hydrogen-bond acceptors (Lipinski definition) is 4. The Morgan fingerprint density at radius 1 is 1.00 bits per heavy atom. The molecule has 2 heterocycles. The average Bonchev–Trinajstić information content (AvgIpc) is 3.40. The summed E-state index contributed by atoms with van der Waals surface area (Å²) in [4.78, 5) is 24.3. The predicted octanol–water partition coefficient (Wildman–Crippen LogP) is 5.00. The van der Waals surface area contributed by atoms with Gasteiger partial charge in [0.05, 0.1) is 22.7 Å². The largest absolute Gasteiger partial charge is 0.463 e. The summed E-state index contributed by atoms with van der Waals surface area (Å²) in [5.74, 6) is -0.0418. The lowest BCUT2D eigenvalue weighted by Gasteiger charge is -2.10. The number of nitrogens with one attached hydrogen (secondary N) is 2. The van der Waals surface area contributed by atoms with Gasteiger partial charge in [-0.1, -0.05) is 29.8 Å². The third-order valence-electron chi connectivity index (χ3n) is 4.25. The van der Waals surface area contributed by atoms with Crippen LogP contribution in [0.25, 0.3) is 17.1 Å². The van der Waals surface area contributed by atoms with Crippen molar-refractivity contribution in [3.63, 3.8) is 0 Å². The summed E-state index contributed by atoms with van der Waals surface area (Å²) in [6, 6.07) is 19.4. The zero-order valence-electron chi connectivity index (χ0n) is 15.9. The number of rotatable bonds is 5. The number of furan rings is 1. The van der Waals surface area contributed by atoms with E-state index in [1.54, 1.807) is 47.3 Å². The second kappa shape index (κ2) is 8.26. The van der Waals surface area contributed by atoms with E-state index in [1.807, 2.05) is 30.3 Å². The minimum atomic E-state index is -0.368. The van der Waals surface area contributed by atoms with Crippen LogP contribution in [0.3, 0.4) is 0 Å². The van der Waals surface area contributed by atoms with Gasteiger partial charge in [-0.25, -0.2) is 4.68 Å². The Morgan fingerprint density at radius 3 is 2.47 bits per heavy atom. The van der Waals surface area contributed by atoms with Crippen LogP contribution < -0.4 is 10.6 Å². The number of anilines is 2. The van der Waals surface area contributed by atoms with Crippen molar-refractivity contribution in [2.45, 2.75) is 6.92 Å². The van der Waals surface area contributed by atoms with Crippen LogP contribution in [0.5, 0.6) is 0 Å². The number of benzene rings is 2. The second-order valence-corrected chi connectivity index (χ2v) is 6.88. The van der Waals surface area contributed by atoms with Crippen LogP contribution in [0.2, 0.25) is 5.02 Å². The maximum atomic E-state index is 13.0. The van der Waals surface area contributed by atoms with Gasteiger partial charge in [-0.2, -0.15) is 5.10 Å². The van der Waals surface area contributed by atoms with Crippen molar-refractivity contribution in [3.05, 3.63) is 83.7 Å². The van der Waals surface area contributed by atoms with Crippen molar-refractivity contribution in [1.29, 1.82) is 0 Å². The summed E-state index contributed by atoms with van der Waals surface area (Å²) in [5.41, 5.74) is 2.55. The fourth-order valence-electron chi connectivity index (χ4n) is 2.93. The molecule has 0 aliphatic heterocycles. The molecule has 0 aliphatic carbocycles. The smallest absolute Gasteiger partial charge is 0.274 e. The van der Waals surface area contributed by atoms with E-state index in [2.05, 4.69) is 15.7 Å². The molecular weight excluding hydrogens is 404 g/mol. The maximum absolute atomic E-state index is 13.0. The summed E-state index contributed by atoms with van der Waals surface area (Å²) in [6.07, 6.45) is 1.55. The Labute approximate surface area is 177 Å². The van der Waals surface area contributed by atoms with Crippen molar-refractivity contribution in [3.8, 4) is 17.1 Å². The first kappa shape index (κ1) is 19.5. The van der Waals surface area contributed by atoms with Crippen molar-refractivity contribution in [1.82, 2.24) is 9.78 Å². The molecule has 30 heavy (non-hydrogen) atoms. The van der Waals surface area contributed by atoms with E-state index in [-0.39, 0.29) is 11.8 Å². The first-order valence-corrected chi connectivity index (χ1v) is 9.47. The Kier molecular flexibility index (Phi) is 5.36. The van der Waals surface area contributed by atoms with Gasteiger partial charge in [0.1, 0.15) is 11.4 Å². The Hall–Kier alpha value is -3.84. The van der Waals surface area contributed by atoms with Crippen LogP contribution in [-0.4, -0.2) is 21.6 Å². The Bertz CT molecular complexity index is 1200. The number of nitrogens with zero attached hydrogens (tertiary/aromatic N) is 2. The molecule has 0 spiro atoms. The first-order chi connectivity index (χ1) is 14.5. The lowest BCUT2D eigenvalue weighted by molar-refractivity contribution is -0.114. The molecule has 0 radical (unpaired) electrons. The van der Waals surface area contributed by atoms with Gasteiger partial charge in [-0.3, -0.25) is 9.59 Å². The highest BCUT2D eigenvalue weighted by Crippen LogP contribution is 2.27. The van der Waals surface area contributed by atoms with E-state index in [9.17, 15) is 9.59 Å². The standard InChI is InChI=1S/C22H17ClN4O3/c1-14(28)24-18-10-9-15(12-17(18)23)25-22(29)20-13-19(21-8-5-11-30-21)26-27(20)16-6-3-2-4-7-16/h2-13H,1H3,(H,24,28)(H,25,29). The zero-order chi connectivity index (χ0) is 21.1. The average molecular weight is 421 g/mol. The minimum absolute atomic E-state index is 0.231. The minimum Gasteiger partial charge on any atom is -0.463 e. The molecule has 8 heteroatoms. The number of carbonyl (C=O) groups excluding carboxylic acids is 2. The van der Waals surface area contributed by atoms with Gasteiger partial charge in [-0.15, -0.1) is 0 Å². The molecule has 7 nitrogen and oxygen atoms in total. The van der Waals surface area contributed by atoms with E-state index in [4.69, 9.17) is 16.0 Å². The summed E-state index contributed by atoms with van der Waals surface area (Å²) < 4.78 is 6.98. The molecule has 0 fully saturated rings. The van der Waals surface area contributed by atoms with E-state index in [1.165, 1.54) is 6.92 Å². The first-order valence-electron chi connectivity index (χ1n) is 9.09. The second-order valence-electron chi connectivity index (χ2n) is 6.47. The molecule has 2 N–H and O–H groups in total. The number of amides is 2. The highest BCUT2D eigenvalue weighted by atomic mass is 35.5. The van der Waals surface area contributed by atoms with Crippen molar-refractivity contribution >= 4 is 34.8 Å². The van der Waals surface area contributed by atoms with Gasteiger partial charge in [-0.05, 0) is 42.5 Å². The fraction of sp³-hybridized carbons (Fsp3) is 0.0455. The summed E-state index contributed by atoms with van der Waals surface area (Å²) in [6.45, 7) is 1.40. The third kappa shape index (κ3) is 4.11. The summed E-state index contributed by atoms with van der Waals surface area (Å²) >= 11 is 6.21. The molecule has 2 amide bonds. The predicted molar refractivity (Wildman–Crippen MR) is 115 cm³/mol. The lowest BCUT2D eigenvalue weighted by atomic mass is 10.2. The molecule has 0 unspecified atom stereocenters. The molecule has 2 aromatic carbocycles. The van der Waals surface area contributed by atoms with Gasteiger partial charge >= 0.3 is 0 Å². The topological polar surface area (TPSA) is 89.2 Å². The van der Waals surface area contributed by atoms with E-state index >= 15 is 0 Å². The van der Waals surface area contributed by atoms with Gasteiger partial charge in [0, 0.05) is 18.7 Å². The van der Waals surface area contributed by atoms with Gasteiger partial charge in [0.15, 0.2) is 5.76 Å². The molecule has 4 aromatic rings. The maximum Gasteiger partial charge on any atom is 0.274 e. The summed E-state index contributed by atoms with van der Waals surface area (Å²) in [7, 11) is 0. The van der Waals surface area contributed by atoms with Crippen LogP contribution in [0.15, 0.2) is 77.4 Å². The highest BCUT2D eigenvalue weighted by Gasteiger charge is 2.19. The molecule has 2 aromatic heterocycles.